The van der Waals surface area contributed by atoms with Crippen LogP contribution >= 0.6 is 15.9 Å². The number of halogens is 4. The number of anilines is 2. The van der Waals surface area contributed by atoms with Gasteiger partial charge in [0.1, 0.15) is 16.2 Å². The quantitative estimate of drug-likeness (QED) is 0.841. The number of nitrogens with one attached hydrogen (secondary N) is 1. The van der Waals surface area contributed by atoms with Crippen molar-refractivity contribution >= 4 is 27.4 Å². The summed E-state index contributed by atoms with van der Waals surface area (Å²) in [5.41, 5.74) is 0.451. The number of nitrogens with zero attached hydrogens (tertiary/aromatic N) is 1. The maximum absolute atomic E-state index is 12.1. The highest BCUT2D eigenvalue weighted by molar-refractivity contribution is 9.10. The van der Waals surface area contributed by atoms with E-state index in [0.29, 0.717) is 16.1 Å². The second-order valence-electron chi connectivity index (χ2n) is 3.55. The van der Waals surface area contributed by atoms with Crippen molar-refractivity contribution in [1.29, 1.82) is 0 Å². The zero-order valence-electron chi connectivity index (χ0n) is 9.41. The van der Waals surface area contributed by atoms with Crippen LogP contribution in [0.15, 0.2) is 47.1 Å². The van der Waals surface area contributed by atoms with Gasteiger partial charge in [0, 0.05) is 11.8 Å². The van der Waals surface area contributed by atoms with E-state index in [9.17, 15) is 13.2 Å². The summed E-state index contributed by atoms with van der Waals surface area (Å²) in [5, 5.41) is 2.88. The SMILES string of the molecule is FC(F)(F)Oc1cccc(Nc2cccc(Br)n2)c1. The molecule has 2 rings (SSSR count). The van der Waals surface area contributed by atoms with Crippen LogP contribution in [0.5, 0.6) is 5.75 Å². The molecule has 1 aromatic heterocycles. The lowest BCUT2D eigenvalue weighted by molar-refractivity contribution is -0.274. The van der Waals surface area contributed by atoms with Gasteiger partial charge in [-0.2, -0.15) is 0 Å². The maximum atomic E-state index is 12.1. The first-order valence-corrected chi connectivity index (χ1v) is 5.97. The minimum atomic E-state index is -4.70. The number of aromatic nitrogens is 1. The predicted molar refractivity (Wildman–Crippen MR) is 68.3 cm³/mol. The molecule has 0 bridgehead atoms. The van der Waals surface area contributed by atoms with E-state index in [1.807, 2.05) is 0 Å². The van der Waals surface area contributed by atoms with Crippen LogP contribution in [0.2, 0.25) is 0 Å². The summed E-state index contributed by atoms with van der Waals surface area (Å²) < 4.78 is 40.7. The first kappa shape index (κ1) is 13.7. The molecule has 19 heavy (non-hydrogen) atoms. The molecule has 0 aliphatic heterocycles. The van der Waals surface area contributed by atoms with Gasteiger partial charge < -0.3 is 10.1 Å². The molecule has 0 saturated heterocycles. The molecule has 0 atom stereocenters. The van der Waals surface area contributed by atoms with Gasteiger partial charge in [-0.05, 0) is 40.2 Å². The third kappa shape index (κ3) is 4.44. The summed E-state index contributed by atoms with van der Waals surface area (Å²) in [6.07, 6.45) is -4.70. The maximum Gasteiger partial charge on any atom is 0.573 e. The van der Waals surface area contributed by atoms with Gasteiger partial charge in [-0.25, -0.2) is 4.98 Å². The highest BCUT2D eigenvalue weighted by Crippen LogP contribution is 2.26. The van der Waals surface area contributed by atoms with Gasteiger partial charge in [0.05, 0.1) is 0 Å². The molecule has 0 amide bonds. The van der Waals surface area contributed by atoms with Gasteiger partial charge in [0.25, 0.3) is 0 Å². The Morgan fingerprint density at radius 1 is 1.11 bits per heavy atom. The molecular formula is C12H8BrF3N2O. The zero-order valence-corrected chi connectivity index (χ0v) is 11.0. The highest BCUT2D eigenvalue weighted by Gasteiger charge is 2.31. The van der Waals surface area contributed by atoms with E-state index in [-0.39, 0.29) is 5.75 Å². The fourth-order valence-electron chi connectivity index (χ4n) is 1.40. The molecule has 0 saturated carbocycles. The predicted octanol–water partition coefficient (Wildman–Crippen LogP) is 4.49. The lowest BCUT2D eigenvalue weighted by Gasteiger charge is -2.11. The molecule has 0 unspecified atom stereocenters. The molecule has 1 aromatic carbocycles. The Bertz CT molecular complexity index is 575. The Hall–Kier alpha value is -1.76. The number of alkyl halides is 3. The van der Waals surface area contributed by atoms with Gasteiger partial charge >= 0.3 is 6.36 Å². The van der Waals surface area contributed by atoms with E-state index in [1.165, 1.54) is 18.2 Å². The van der Waals surface area contributed by atoms with Gasteiger partial charge in [-0.3, -0.25) is 0 Å². The van der Waals surface area contributed by atoms with E-state index in [0.717, 1.165) is 0 Å². The van der Waals surface area contributed by atoms with E-state index < -0.39 is 6.36 Å². The Morgan fingerprint density at radius 2 is 1.84 bits per heavy atom. The Balaban J connectivity index is 2.15. The van der Waals surface area contributed by atoms with Gasteiger partial charge in [-0.1, -0.05) is 12.1 Å². The Kier molecular flexibility index (Phi) is 3.94. The summed E-state index contributed by atoms with van der Waals surface area (Å²) >= 11 is 3.21. The molecule has 1 heterocycles. The van der Waals surface area contributed by atoms with Crippen molar-refractivity contribution in [2.75, 3.05) is 5.32 Å². The number of rotatable bonds is 3. The molecule has 2 aromatic rings. The number of pyridine rings is 1. The lowest BCUT2D eigenvalue weighted by atomic mass is 10.3. The van der Waals surface area contributed by atoms with E-state index in [1.54, 1.807) is 24.3 Å². The van der Waals surface area contributed by atoms with Crippen molar-refractivity contribution < 1.29 is 17.9 Å². The summed E-state index contributed by atoms with van der Waals surface area (Å²) in [6.45, 7) is 0. The van der Waals surface area contributed by atoms with E-state index in [2.05, 4.69) is 31.0 Å². The molecule has 0 spiro atoms. The van der Waals surface area contributed by atoms with Crippen LogP contribution in [0.1, 0.15) is 0 Å². The number of ether oxygens (including phenoxy) is 1. The molecule has 7 heteroatoms. The number of hydrogen-bond acceptors (Lipinski definition) is 3. The Labute approximate surface area is 115 Å². The lowest BCUT2D eigenvalue weighted by Crippen LogP contribution is -2.17. The van der Waals surface area contributed by atoms with Gasteiger partial charge in [0.2, 0.25) is 0 Å². The second-order valence-corrected chi connectivity index (χ2v) is 4.36. The smallest absolute Gasteiger partial charge is 0.406 e. The van der Waals surface area contributed by atoms with Crippen LogP contribution in [0, 0.1) is 0 Å². The minimum Gasteiger partial charge on any atom is -0.406 e. The van der Waals surface area contributed by atoms with Crippen molar-refractivity contribution in [3.8, 4) is 5.75 Å². The second kappa shape index (κ2) is 5.48. The standard InChI is InChI=1S/C12H8BrF3N2O/c13-10-5-2-6-11(18-10)17-8-3-1-4-9(7-8)19-12(14,15)16/h1-7H,(H,17,18). The van der Waals surface area contributed by atoms with Gasteiger partial charge in [0.15, 0.2) is 0 Å². The molecule has 0 aliphatic rings. The summed E-state index contributed by atoms with van der Waals surface area (Å²) in [6, 6.07) is 10.8. The first-order valence-electron chi connectivity index (χ1n) is 5.18. The van der Waals surface area contributed by atoms with Crippen molar-refractivity contribution in [3.05, 3.63) is 47.1 Å². The molecule has 0 fully saturated rings. The summed E-state index contributed by atoms with van der Waals surface area (Å²) in [7, 11) is 0. The third-order valence-electron chi connectivity index (χ3n) is 2.06. The third-order valence-corrected chi connectivity index (χ3v) is 2.50. The Morgan fingerprint density at radius 3 is 2.53 bits per heavy atom. The van der Waals surface area contributed by atoms with Crippen molar-refractivity contribution in [1.82, 2.24) is 4.98 Å². The summed E-state index contributed by atoms with van der Waals surface area (Å²) in [5.74, 6) is 0.228. The van der Waals surface area contributed by atoms with Crippen LogP contribution in [0.4, 0.5) is 24.7 Å². The molecular weight excluding hydrogens is 325 g/mol. The number of benzene rings is 1. The minimum absolute atomic E-state index is 0.285. The highest BCUT2D eigenvalue weighted by atomic mass is 79.9. The fourth-order valence-corrected chi connectivity index (χ4v) is 1.74. The van der Waals surface area contributed by atoms with Crippen molar-refractivity contribution in [3.63, 3.8) is 0 Å². The fraction of sp³-hybridized carbons (Fsp3) is 0.0833. The summed E-state index contributed by atoms with van der Waals surface area (Å²) in [4.78, 5) is 4.12. The van der Waals surface area contributed by atoms with Crippen LogP contribution in [0.3, 0.4) is 0 Å². The van der Waals surface area contributed by atoms with Gasteiger partial charge in [-0.15, -0.1) is 13.2 Å². The monoisotopic (exact) mass is 332 g/mol. The normalized spacial score (nSPS) is 11.2. The average molecular weight is 333 g/mol. The zero-order chi connectivity index (χ0) is 13.9. The number of hydrogen-bond donors (Lipinski definition) is 1. The first-order chi connectivity index (χ1) is 8.92. The molecule has 100 valence electrons. The van der Waals surface area contributed by atoms with E-state index >= 15 is 0 Å². The average Bonchev–Trinajstić information content (AvgIpc) is 2.27. The topological polar surface area (TPSA) is 34.1 Å². The molecule has 1 N–H and O–H groups in total. The largest absolute Gasteiger partial charge is 0.573 e. The molecule has 3 nitrogen and oxygen atoms in total. The van der Waals surface area contributed by atoms with Crippen molar-refractivity contribution in [2.24, 2.45) is 0 Å². The molecule has 0 aliphatic carbocycles. The van der Waals surface area contributed by atoms with Crippen LogP contribution in [-0.4, -0.2) is 11.3 Å². The van der Waals surface area contributed by atoms with Crippen LogP contribution in [0.25, 0.3) is 0 Å². The van der Waals surface area contributed by atoms with Crippen molar-refractivity contribution in [2.45, 2.75) is 6.36 Å². The van der Waals surface area contributed by atoms with Crippen LogP contribution < -0.4 is 10.1 Å². The molecule has 0 radical (unpaired) electrons. The van der Waals surface area contributed by atoms with E-state index in [4.69, 9.17) is 0 Å². The van der Waals surface area contributed by atoms with Crippen LogP contribution in [-0.2, 0) is 0 Å².